The van der Waals surface area contributed by atoms with Crippen LogP contribution in [0.1, 0.15) is 33.1 Å². The molecule has 0 amide bonds. The molecule has 0 radical (unpaired) electrons. The predicted octanol–water partition coefficient (Wildman–Crippen LogP) is 1.76. The smallest absolute Gasteiger partial charge is 0.0192 e. The number of hydrogen-bond donors (Lipinski definition) is 1. The van der Waals surface area contributed by atoms with Gasteiger partial charge in [-0.3, -0.25) is 4.90 Å². The quantitative estimate of drug-likeness (QED) is 0.674. The lowest BCUT2D eigenvalue weighted by atomic mass is 9.98. The van der Waals surface area contributed by atoms with Crippen LogP contribution in [0, 0.1) is 0 Å². The fourth-order valence-electron chi connectivity index (χ4n) is 1.89. The summed E-state index contributed by atoms with van der Waals surface area (Å²) in [6, 6.07) is 1.05. The standard InChI is InChI=1S/C11H22N2/c1-4-9(2)8-13-6-5-11(12)7-10(13)3/h10-11H,2,4-8,12H2,1,3H3. The molecule has 0 aromatic heterocycles. The van der Waals surface area contributed by atoms with Crippen molar-refractivity contribution in [1.29, 1.82) is 0 Å². The van der Waals surface area contributed by atoms with Gasteiger partial charge in [0, 0.05) is 25.2 Å². The molecular weight excluding hydrogens is 160 g/mol. The van der Waals surface area contributed by atoms with Crippen LogP contribution in [0.2, 0.25) is 0 Å². The molecule has 13 heavy (non-hydrogen) atoms. The average molecular weight is 182 g/mol. The van der Waals surface area contributed by atoms with Crippen LogP contribution in [0.15, 0.2) is 12.2 Å². The van der Waals surface area contributed by atoms with Gasteiger partial charge in [-0.25, -0.2) is 0 Å². The number of piperidine rings is 1. The fourth-order valence-corrected chi connectivity index (χ4v) is 1.89. The summed E-state index contributed by atoms with van der Waals surface area (Å²) in [4.78, 5) is 2.50. The largest absolute Gasteiger partial charge is 0.328 e. The van der Waals surface area contributed by atoms with Gasteiger partial charge in [0.25, 0.3) is 0 Å². The van der Waals surface area contributed by atoms with Crippen LogP contribution in [0.4, 0.5) is 0 Å². The molecule has 2 unspecified atom stereocenters. The molecule has 2 heteroatoms. The Morgan fingerprint density at radius 2 is 2.31 bits per heavy atom. The fraction of sp³-hybridized carbons (Fsp3) is 0.818. The summed E-state index contributed by atoms with van der Waals surface area (Å²) < 4.78 is 0. The first-order chi connectivity index (χ1) is 6.13. The van der Waals surface area contributed by atoms with Crippen molar-refractivity contribution < 1.29 is 0 Å². The normalized spacial score (nSPS) is 30.4. The van der Waals surface area contributed by atoms with Crippen molar-refractivity contribution in [3.8, 4) is 0 Å². The third-order valence-corrected chi connectivity index (χ3v) is 2.98. The zero-order chi connectivity index (χ0) is 9.84. The van der Waals surface area contributed by atoms with Gasteiger partial charge in [0.1, 0.15) is 0 Å². The Hall–Kier alpha value is -0.340. The predicted molar refractivity (Wildman–Crippen MR) is 57.7 cm³/mol. The number of nitrogens with two attached hydrogens (primary N) is 1. The zero-order valence-corrected chi connectivity index (χ0v) is 8.92. The second-order valence-corrected chi connectivity index (χ2v) is 4.21. The highest BCUT2D eigenvalue weighted by Crippen LogP contribution is 2.17. The third kappa shape index (κ3) is 3.12. The first-order valence-corrected chi connectivity index (χ1v) is 5.29. The van der Waals surface area contributed by atoms with E-state index in [1.807, 2.05) is 0 Å². The maximum absolute atomic E-state index is 5.90. The summed E-state index contributed by atoms with van der Waals surface area (Å²) in [5.74, 6) is 0. The lowest BCUT2D eigenvalue weighted by molar-refractivity contribution is 0.160. The molecule has 1 rings (SSSR count). The lowest BCUT2D eigenvalue weighted by Gasteiger charge is -2.36. The highest BCUT2D eigenvalue weighted by molar-refractivity contribution is 4.98. The Bertz CT molecular complexity index is 177. The van der Waals surface area contributed by atoms with Gasteiger partial charge in [-0.05, 0) is 26.2 Å². The van der Waals surface area contributed by atoms with E-state index < -0.39 is 0 Å². The Morgan fingerprint density at radius 3 is 2.85 bits per heavy atom. The third-order valence-electron chi connectivity index (χ3n) is 2.98. The lowest BCUT2D eigenvalue weighted by Crippen LogP contribution is -2.46. The Balaban J connectivity index is 2.38. The summed E-state index contributed by atoms with van der Waals surface area (Å²) in [6.07, 6.45) is 3.37. The zero-order valence-electron chi connectivity index (χ0n) is 8.92. The summed E-state index contributed by atoms with van der Waals surface area (Å²) in [5.41, 5.74) is 7.24. The molecule has 0 aromatic rings. The monoisotopic (exact) mass is 182 g/mol. The van der Waals surface area contributed by atoms with Crippen molar-refractivity contribution in [1.82, 2.24) is 4.90 Å². The summed E-state index contributed by atoms with van der Waals surface area (Å²) in [5, 5.41) is 0. The second-order valence-electron chi connectivity index (χ2n) is 4.21. The Kier molecular flexibility index (Phi) is 3.94. The Morgan fingerprint density at radius 1 is 1.62 bits per heavy atom. The van der Waals surface area contributed by atoms with E-state index in [-0.39, 0.29) is 0 Å². The van der Waals surface area contributed by atoms with Crippen molar-refractivity contribution in [2.75, 3.05) is 13.1 Å². The van der Waals surface area contributed by atoms with Crippen molar-refractivity contribution in [3.63, 3.8) is 0 Å². The van der Waals surface area contributed by atoms with E-state index in [1.54, 1.807) is 0 Å². The molecule has 0 bridgehead atoms. The van der Waals surface area contributed by atoms with E-state index in [9.17, 15) is 0 Å². The summed E-state index contributed by atoms with van der Waals surface area (Å²) in [7, 11) is 0. The maximum Gasteiger partial charge on any atom is 0.0192 e. The van der Waals surface area contributed by atoms with Crippen molar-refractivity contribution in [3.05, 3.63) is 12.2 Å². The molecule has 2 N–H and O–H groups in total. The maximum atomic E-state index is 5.90. The van der Waals surface area contributed by atoms with Gasteiger partial charge in [0.2, 0.25) is 0 Å². The van der Waals surface area contributed by atoms with E-state index in [1.165, 1.54) is 5.57 Å². The molecule has 0 spiro atoms. The minimum Gasteiger partial charge on any atom is -0.328 e. The van der Waals surface area contributed by atoms with Crippen LogP contribution in [-0.4, -0.2) is 30.1 Å². The van der Waals surface area contributed by atoms with Gasteiger partial charge in [-0.15, -0.1) is 0 Å². The van der Waals surface area contributed by atoms with E-state index in [0.29, 0.717) is 12.1 Å². The molecule has 1 fully saturated rings. The van der Waals surface area contributed by atoms with E-state index in [2.05, 4.69) is 25.3 Å². The van der Waals surface area contributed by atoms with Crippen molar-refractivity contribution >= 4 is 0 Å². The topological polar surface area (TPSA) is 29.3 Å². The number of nitrogens with zero attached hydrogens (tertiary/aromatic N) is 1. The van der Waals surface area contributed by atoms with Crippen LogP contribution in [0.3, 0.4) is 0 Å². The van der Waals surface area contributed by atoms with Crippen LogP contribution in [0.5, 0.6) is 0 Å². The molecule has 1 saturated heterocycles. The molecule has 2 atom stereocenters. The van der Waals surface area contributed by atoms with Gasteiger partial charge < -0.3 is 5.73 Å². The number of hydrogen-bond acceptors (Lipinski definition) is 2. The van der Waals surface area contributed by atoms with E-state index in [0.717, 1.165) is 32.4 Å². The molecule has 0 saturated carbocycles. The molecule has 1 heterocycles. The summed E-state index contributed by atoms with van der Waals surface area (Å²) in [6.45, 7) is 10.7. The first-order valence-electron chi connectivity index (χ1n) is 5.29. The van der Waals surface area contributed by atoms with Gasteiger partial charge in [0.05, 0.1) is 0 Å². The highest BCUT2D eigenvalue weighted by Gasteiger charge is 2.22. The van der Waals surface area contributed by atoms with E-state index in [4.69, 9.17) is 5.73 Å². The molecular formula is C11H22N2. The molecule has 0 aliphatic carbocycles. The van der Waals surface area contributed by atoms with Crippen molar-refractivity contribution in [2.24, 2.45) is 5.73 Å². The first kappa shape index (κ1) is 10.7. The van der Waals surface area contributed by atoms with Crippen LogP contribution in [-0.2, 0) is 0 Å². The van der Waals surface area contributed by atoms with Crippen LogP contribution in [0.25, 0.3) is 0 Å². The van der Waals surface area contributed by atoms with Gasteiger partial charge >= 0.3 is 0 Å². The van der Waals surface area contributed by atoms with Crippen molar-refractivity contribution in [2.45, 2.75) is 45.2 Å². The average Bonchev–Trinajstić information content (AvgIpc) is 2.09. The van der Waals surface area contributed by atoms with E-state index >= 15 is 0 Å². The highest BCUT2D eigenvalue weighted by atomic mass is 15.2. The number of likely N-dealkylation sites (tertiary alicyclic amines) is 1. The minimum absolute atomic E-state index is 0.418. The molecule has 1 aliphatic heterocycles. The molecule has 1 aliphatic rings. The van der Waals surface area contributed by atoms with Gasteiger partial charge in [-0.2, -0.15) is 0 Å². The molecule has 0 aromatic carbocycles. The van der Waals surface area contributed by atoms with Gasteiger partial charge in [-0.1, -0.05) is 19.1 Å². The van der Waals surface area contributed by atoms with Gasteiger partial charge in [0.15, 0.2) is 0 Å². The van der Waals surface area contributed by atoms with Crippen LogP contribution < -0.4 is 5.73 Å². The molecule has 2 nitrogen and oxygen atoms in total. The second kappa shape index (κ2) is 4.77. The molecule has 76 valence electrons. The van der Waals surface area contributed by atoms with Crippen LogP contribution >= 0.6 is 0 Å². The summed E-state index contributed by atoms with van der Waals surface area (Å²) >= 11 is 0. The Labute approximate surface area is 81.8 Å². The number of rotatable bonds is 3. The minimum atomic E-state index is 0.418. The SMILES string of the molecule is C=C(CC)CN1CCC(N)CC1C.